The molecule has 98 valence electrons. The quantitative estimate of drug-likeness (QED) is 0.693. The molecule has 0 saturated heterocycles. The van der Waals surface area contributed by atoms with Gasteiger partial charge in [-0.1, -0.05) is 23.2 Å². The van der Waals surface area contributed by atoms with Gasteiger partial charge in [-0.15, -0.1) is 0 Å². The van der Waals surface area contributed by atoms with Crippen LogP contribution < -0.4 is 16.2 Å². The number of hydrogen-bond acceptors (Lipinski definition) is 3. The highest BCUT2D eigenvalue weighted by molar-refractivity contribution is 6.35. The fourth-order valence-electron chi connectivity index (χ4n) is 0.947. The molecule has 3 amide bonds. The standard InChI is InChI=1S/C9H9Cl2N3O3.3H2/c1-17-9(16)14-13-8(15)12-7-3-5(10)2-6(11)4-7;;;/h2-4H,1H3,(H,14,16)(H2,12,13,15);3*1H. The number of hydrogen-bond donors (Lipinski definition) is 3. The Labute approximate surface area is 112 Å². The Kier molecular flexibility index (Phi) is 4.86. The van der Waals surface area contributed by atoms with E-state index in [1.807, 2.05) is 5.43 Å². The van der Waals surface area contributed by atoms with Crippen molar-refractivity contribution in [2.75, 3.05) is 12.4 Å². The first-order valence-electron chi connectivity index (χ1n) is 4.38. The minimum Gasteiger partial charge on any atom is -0.452 e. The number of benzene rings is 1. The Morgan fingerprint density at radius 1 is 1.18 bits per heavy atom. The summed E-state index contributed by atoms with van der Waals surface area (Å²) in [7, 11) is 1.17. The maximum Gasteiger partial charge on any atom is 0.425 e. The van der Waals surface area contributed by atoms with Gasteiger partial charge in [0.1, 0.15) is 0 Å². The largest absolute Gasteiger partial charge is 0.452 e. The highest BCUT2D eigenvalue weighted by Gasteiger charge is 2.05. The van der Waals surface area contributed by atoms with Crippen LogP contribution in [0.15, 0.2) is 18.2 Å². The SMILES string of the molecule is COC(=O)NNC(=O)Nc1cc(Cl)cc(Cl)c1.[HH].[HH].[HH]. The van der Waals surface area contributed by atoms with Crippen molar-refractivity contribution in [2.24, 2.45) is 0 Å². The first-order chi connectivity index (χ1) is 8.01. The predicted molar refractivity (Wildman–Crippen MR) is 70.5 cm³/mol. The van der Waals surface area contributed by atoms with Gasteiger partial charge in [-0.25, -0.2) is 20.4 Å². The number of carbonyl (C=O) groups excluding carboxylic acids is 2. The van der Waals surface area contributed by atoms with Gasteiger partial charge in [0.2, 0.25) is 0 Å². The summed E-state index contributed by atoms with van der Waals surface area (Å²) in [5.74, 6) is 0. The number of hydrazine groups is 1. The fourth-order valence-corrected chi connectivity index (χ4v) is 1.47. The molecule has 0 saturated carbocycles. The maximum atomic E-state index is 11.3. The van der Waals surface area contributed by atoms with Gasteiger partial charge >= 0.3 is 12.1 Å². The lowest BCUT2D eigenvalue weighted by atomic mass is 10.3. The summed E-state index contributed by atoms with van der Waals surface area (Å²) in [5.41, 5.74) is 4.45. The zero-order chi connectivity index (χ0) is 12.8. The van der Waals surface area contributed by atoms with Crippen LogP contribution in [0.3, 0.4) is 0 Å². The summed E-state index contributed by atoms with van der Waals surface area (Å²) < 4.78 is 4.25. The second-order valence-corrected chi connectivity index (χ2v) is 3.73. The zero-order valence-electron chi connectivity index (χ0n) is 8.71. The van der Waals surface area contributed by atoms with Crippen LogP contribution in [0.25, 0.3) is 0 Å². The Bertz CT molecular complexity index is 431. The van der Waals surface area contributed by atoms with E-state index in [1.165, 1.54) is 25.3 Å². The molecule has 0 aromatic heterocycles. The topological polar surface area (TPSA) is 79.5 Å². The number of methoxy groups -OCH3 is 1. The van der Waals surface area contributed by atoms with Gasteiger partial charge in [-0.05, 0) is 18.2 Å². The monoisotopic (exact) mass is 283 g/mol. The van der Waals surface area contributed by atoms with E-state index in [4.69, 9.17) is 23.2 Å². The van der Waals surface area contributed by atoms with E-state index >= 15 is 0 Å². The van der Waals surface area contributed by atoms with Gasteiger partial charge in [0.25, 0.3) is 0 Å². The first kappa shape index (κ1) is 13.4. The lowest BCUT2D eigenvalue weighted by Crippen LogP contribution is -2.43. The molecule has 6 nitrogen and oxygen atoms in total. The summed E-state index contributed by atoms with van der Waals surface area (Å²) in [5, 5.41) is 3.18. The van der Waals surface area contributed by atoms with Gasteiger partial charge in [0.15, 0.2) is 0 Å². The van der Waals surface area contributed by atoms with Gasteiger partial charge in [-0.2, -0.15) is 0 Å². The number of anilines is 1. The zero-order valence-corrected chi connectivity index (χ0v) is 10.2. The molecule has 0 fully saturated rings. The van der Waals surface area contributed by atoms with Crippen LogP contribution >= 0.6 is 23.2 Å². The molecule has 0 unspecified atom stereocenters. The number of carbonyl (C=O) groups is 2. The summed E-state index contributed by atoms with van der Waals surface area (Å²) in [4.78, 5) is 21.9. The highest BCUT2D eigenvalue weighted by Crippen LogP contribution is 2.22. The van der Waals surface area contributed by atoms with Crippen molar-refractivity contribution < 1.29 is 18.6 Å². The number of urea groups is 1. The lowest BCUT2D eigenvalue weighted by molar-refractivity contribution is 0.166. The van der Waals surface area contributed by atoms with E-state index < -0.39 is 12.1 Å². The first-order valence-corrected chi connectivity index (χ1v) is 5.14. The van der Waals surface area contributed by atoms with Crippen LogP contribution in [0.1, 0.15) is 4.28 Å². The van der Waals surface area contributed by atoms with Crippen molar-refractivity contribution in [3.63, 3.8) is 0 Å². The van der Waals surface area contributed by atoms with Crippen molar-refractivity contribution in [1.82, 2.24) is 10.9 Å². The molecule has 0 radical (unpaired) electrons. The molecule has 17 heavy (non-hydrogen) atoms. The number of ether oxygens (including phenoxy) is 1. The van der Waals surface area contributed by atoms with Crippen LogP contribution in [0, 0.1) is 0 Å². The van der Waals surface area contributed by atoms with Crippen molar-refractivity contribution in [3.05, 3.63) is 28.2 Å². The van der Waals surface area contributed by atoms with Crippen LogP contribution in [-0.2, 0) is 4.74 Å². The minimum atomic E-state index is -0.788. The smallest absolute Gasteiger partial charge is 0.425 e. The third-order valence-electron chi connectivity index (χ3n) is 1.58. The Morgan fingerprint density at radius 3 is 2.29 bits per heavy atom. The molecule has 1 rings (SSSR count). The summed E-state index contributed by atoms with van der Waals surface area (Å²) in [6.07, 6.45) is -0.788. The summed E-state index contributed by atoms with van der Waals surface area (Å²) >= 11 is 11.5. The Hall–Kier alpha value is -1.66. The van der Waals surface area contributed by atoms with Crippen molar-refractivity contribution in [1.29, 1.82) is 0 Å². The third-order valence-corrected chi connectivity index (χ3v) is 2.02. The third kappa shape index (κ3) is 4.80. The molecule has 0 aliphatic rings. The average Bonchev–Trinajstić information content (AvgIpc) is 2.24. The van der Waals surface area contributed by atoms with Crippen molar-refractivity contribution in [2.45, 2.75) is 0 Å². The molecular formula is C9H15Cl2N3O3. The van der Waals surface area contributed by atoms with Crippen molar-refractivity contribution in [3.8, 4) is 0 Å². The normalized spacial score (nSPS) is 9.35. The summed E-state index contributed by atoms with van der Waals surface area (Å²) in [6.45, 7) is 0. The van der Waals surface area contributed by atoms with Crippen molar-refractivity contribution >= 4 is 41.0 Å². The molecule has 0 heterocycles. The fraction of sp³-hybridized carbons (Fsp3) is 0.111. The molecule has 0 atom stereocenters. The van der Waals surface area contributed by atoms with Gasteiger partial charge in [0.05, 0.1) is 7.11 Å². The molecule has 0 spiro atoms. The van der Waals surface area contributed by atoms with Gasteiger partial charge in [0, 0.05) is 20.0 Å². The molecule has 3 N–H and O–H groups in total. The second-order valence-electron chi connectivity index (χ2n) is 2.85. The van der Waals surface area contributed by atoms with Crippen LogP contribution in [-0.4, -0.2) is 19.2 Å². The van der Waals surface area contributed by atoms with Crippen LogP contribution in [0.4, 0.5) is 15.3 Å². The van der Waals surface area contributed by atoms with E-state index in [0.717, 1.165) is 0 Å². The van der Waals surface area contributed by atoms with E-state index in [9.17, 15) is 9.59 Å². The van der Waals surface area contributed by atoms with E-state index in [1.54, 1.807) is 0 Å². The minimum absolute atomic E-state index is 0. The predicted octanol–water partition coefficient (Wildman–Crippen LogP) is 3.12. The molecule has 1 aromatic carbocycles. The van der Waals surface area contributed by atoms with E-state index in [-0.39, 0.29) is 4.28 Å². The Balaban J connectivity index is -0.000000963. The van der Waals surface area contributed by atoms with Crippen LogP contribution in [0.2, 0.25) is 10.0 Å². The summed E-state index contributed by atoms with van der Waals surface area (Å²) in [6, 6.07) is 3.88. The molecular weight excluding hydrogens is 269 g/mol. The lowest BCUT2D eigenvalue weighted by Gasteiger charge is -2.08. The Morgan fingerprint density at radius 2 is 1.76 bits per heavy atom. The van der Waals surface area contributed by atoms with E-state index in [2.05, 4.69) is 15.5 Å². The highest BCUT2D eigenvalue weighted by atomic mass is 35.5. The number of amides is 3. The average molecular weight is 284 g/mol. The molecule has 0 bridgehead atoms. The number of nitrogens with one attached hydrogen (secondary N) is 3. The second kappa shape index (κ2) is 6.17. The van der Waals surface area contributed by atoms with Gasteiger partial charge in [-0.3, -0.25) is 0 Å². The molecule has 0 aliphatic heterocycles. The van der Waals surface area contributed by atoms with E-state index in [0.29, 0.717) is 15.7 Å². The maximum absolute atomic E-state index is 11.3. The number of halogens is 2. The van der Waals surface area contributed by atoms with Crippen LogP contribution in [0.5, 0.6) is 0 Å². The van der Waals surface area contributed by atoms with Gasteiger partial charge < -0.3 is 10.1 Å². The number of rotatable bonds is 1. The molecule has 8 heteroatoms. The molecule has 1 aromatic rings. The molecule has 0 aliphatic carbocycles.